The van der Waals surface area contributed by atoms with E-state index in [-0.39, 0.29) is 0 Å². The van der Waals surface area contributed by atoms with E-state index in [9.17, 15) is 0 Å². The zero-order valence-corrected chi connectivity index (χ0v) is 24.8. The fraction of sp³-hybridized carbons (Fsp3) is 0.189. The molecule has 0 aliphatic carbocycles. The maximum Gasteiger partial charge on any atom is 0.164 e. The van der Waals surface area contributed by atoms with Crippen LogP contribution in [0.2, 0.25) is 0 Å². The Morgan fingerprint density at radius 3 is 1.72 bits per heavy atom. The van der Waals surface area contributed by atoms with Gasteiger partial charge in [0, 0.05) is 22.8 Å². The Bertz CT molecular complexity index is 1720. The first-order chi connectivity index (χ1) is 21.0. The fourth-order valence-electron chi connectivity index (χ4n) is 5.44. The third kappa shape index (κ3) is 5.56. The molecule has 0 spiro atoms. The van der Waals surface area contributed by atoms with E-state index in [1.165, 1.54) is 0 Å². The van der Waals surface area contributed by atoms with Crippen LogP contribution in [-0.2, 0) is 18.8 Å². The maximum atomic E-state index is 6.87. The van der Waals surface area contributed by atoms with Crippen molar-refractivity contribution in [1.82, 2.24) is 0 Å². The van der Waals surface area contributed by atoms with E-state index >= 15 is 0 Å². The van der Waals surface area contributed by atoms with Crippen LogP contribution < -0.4 is 28.4 Å². The minimum atomic E-state index is -0.875. The van der Waals surface area contributed by atoms with Crippen molar-refractivity contribution in [1.29, 1.82) is 0 Å². The molecule has 0 fully saturated rings. The molecular weight excluding hydrogens is 540 g/mol. The lowest BCUT2D eigenvalue weighted by atomic mass is 9.80. The van der Waals surface area contributed by atoms with Crippen molar-refractivity contribution in [3.63, 3.8) is 0 Å². The zero-order valence-electron chi connectivity index (χ0n) is 24.8. The summed E-state index contributed by atoms with van der Waals surface area (Å²) in [5.41, 5.74) is 4.92. The summed E-state index contributed by atoms with van der Waals surface area (Å²) >= 11 is 0. The lowest BCUT2D eigenvalue weighted by Gasteiger charge is -2.39. The Hall–Kier alpha value is -5.10. The van der Waals surface area contributed by atoms with Crippen molar-refractivity contribution in [3.8, 4) is 45.6 Å². The summed E-state index contributed by atoms with van der Waals surface area (Å²) in [6, 6.07) is 36.0. The Balaban J connectivity index is 1.49. The Labute approximate surface area is 252 Å². The summed E-state index contributed by atoms with van der Waals surface area (Å²) in [6.45, 7) is 2.86. The molecule has 1 atom stereocenters. The van der Waals surface area contributed by atoms with Gasteiger partial charge in [0.15, 0.2) is 28.6 Å². The summed E-state index contributed by atoms with van der Waals surface area (Å²) in [5, 5.41) is 0. The van der Waals surface area contributed by atoms with E-state index in [1.807, 2.05) is 109 Å². The van der Waals surface area contributed by atoms with Gasteiger partial charge in [0.25, 0.3) is 0 Å². The number of ether oxygens (including phenoxy) is 6. The predicted molar refractivity (Wildman–Crippen MR) is 167 cm³/mol. The van der Waals surface area contributed by atoms with Crippen LogP contribution in [0.25, 0.3) is 11.1 Å². The molecule has 6 nitrogen and oxygen atoms in total. The first-order valence-electron chi connectivity index (χ1n) is 14.1. The second kappa shape index (κ2) is 12.0. The molecule has 6 heteroatoms. The van der Waals surface area contributed by atoms with Gasteiger partial charge in [0.1, 0.15) is 24.7 Å². The highest BCUT2D eigenvalue weighted by Crippen LogP contribution is 2.54. The molecule has 1 heterocycles. The quantitative estimate of drug-likeness (QED) is 0.168. The molecule has 218 valence electrons. The fourth-order valence-corrected chi connectivity index (χ4v) is 5.44. The van der Waals surface area contributed by atoms with Gasteiger partial charge in [-0.25, -0.2) is 0 Å². The maximum absolute atomic E-state index is 6.87. The van der Waals surface area contributed by atoms with Crippen LogP contribution in [0.1, 0.15) is 29.2 Å². The molecular formula is C37H34O6. The topological polar surface area (TPSA) is 55.4 Å². The third-order valence-electron chi connectivity index (χ3n) is 7.78. The normalized spacial score (nSPS) is 15.0. The van der Waals surface area contributed by atoms with E-state index in [0.29, 0.717) is 42.0 Å². The largest absolute Gasteiger partial charge is 0.497 e. The lowest BCUT2D eigenvalue weighted by Crippen LogP contribution is -2.34. The highest BCUT2D eigenvalue weighted by molar-refractivity contribution is 5.82. The smallest absolute Gasteiger partial charge is 0.164 e. The molecule has 0 saturated heterocycles. The van der Waals surface area contributed by atoms with Crippen molar-refractivity contribution in [2.24, 2.45) is 0 Å². The standard InChI is InChI=1S/C37H34O6/c1-37(27-16-11-17-28(18-27)38-2)31-21-33(39-3)35(41-23-25-12-7-5-8-13-25)19-29(31)30-20-36(34(40-4)22-32(30)43-37)42-24-26-14-9-6-10-15-26/h5-22H,23-24H2,1-4H3. The van der Waals surface area contributed by atoms with Crippen LogP contribution in [-0.4, -0.2) is 21.3 Å². The highest BCUT2D eigenvalue weighted by Gasteiger charge is 2.40. The molecule has 5 aromatic carbocycles. The Morgan fingerprint density at radius 1 is 0.558 bits per heavy atom. The summed E-state index contributed by atoms with van der Waals surface area (Å²) in [6.07, 6.45) is 0. The second-order valence-corrected chi connectivity index (χ2v) is 10.5. The van der Waals surface area contributed by atoms with Crippen molar-refractivity contribution in [3.05, 3.63) is 131 Å². The van der Waals surface area contributed by atoms with E-state index < -0.39 is 5.60 Å². The second-order valence-electron chi connectivity index (χ2n) is 10.5. The molecule has 0 saturated carbocycles. The Kier molecular flexibility index (Phi) is 7.84. The predicted octanol–water partition coefficient (Wildman–Crippen LogP) is 8.19. The van der Waals surface area contributed by atoms with Gasteiger partial charge >= 0.3 is 0 Å². The van der Waals surface area contributed by atoms with Crippen molar-refractivity contribution in [2.45, 2.75) is 25.7 Å². The van der Waals surface area contributed by atoms with Crippen LogP contribution in [0.5, 0.6) is 34.5 Å². The number of hydrogen-bond acceptors (Lipinski definition) is 6. The molecule has 1 aliphatic rings. The SMILES string of the molecule is COc1cccc(C2(C)Oc3cc(OC)c(OCc4ccccc4)cc3-c3cc(OCc4ccccc4)c(OC)cc32)c1. The monoisotopic (exact) mass is 574 g/mol. The van der Waals surface area contributed by atoms with Crippen molar-refractivity contribution in [2.75, 3.05) is 21.3 Å². The number of rotatable bonds is 10. The number of hydrogen-bond donors (Lipinski definition) is 0. The number of benzene rings is 5. The molecule has 0 amide bonds. The zero-order chi connectivity index (χ0) is 29.8. The first kappa shape index (κ1) is 28.0. The average molecular weight is 575 g/mol. The van der Waals surface area contributed by atoms with Gasteiger partial charge in [-0.15, -0.1) is 0 Å². The number of methoxy groups -OCH3 is 3. The third-order valence-corrected chi connectivity index (χ3v) is 7.78. The van der Waals surface area contributed by atoms with Crippen molar-refractivity contribution >= 4 is 0 Å². The lowest BCUT2D eigenvalue weighted by molar-refractivity contribution is 0.127. The molecule has 0 aromatic heterocycles. The van der Waals surface area contributed by atoms with Crippen LogP contribution >= 0.6 is 0 Å². The van der Waals surface area contributed by atoms with Gasteiger partial charge in [0.05, 0.1) is 21.3 Å². The Morgan fingerprint density at radius 2 is 1.14 bits per heavy atom. The van der Waals surface area contributed by atoms with E-state index in [1.54, 1.807) is 21.3 Å². The van der Waals surface area contributed by atoms with Gasteiger partial charge in [-0.1, -0.05) is 72.8 Å². The molecule has 6 rings (SSSR count). The van der Waals surface area contributed by atoms with Gasteiger partial charge in [-0.05, 0) is 53.9 Å². The van der Waals surface area contributed by atoms with Gasteiger partial charge in [-0.3, -0.25) is 0 Å². The van der Waals surface area contributed by atoms with Gasteiger partial charge in [-0.2, -0.15) is 0 Å². The molecule has 1 aliphatic heterocycles. The van der Waals surface area contributed by atoms with E-state index in [2.05, 4.69) is 6.92 Å². The molecule has 0 radical (unpaired) electrons. The van der Waals surface area contributed by atoms with E-state index in [0.717, 1.165) is 39.1 Å². The minimum absolute atomic E-state index is 0.402. The summed E-state index contributed by atoms with van der Waals surface area (Å²) < 4.78 is 36.7. The van der Waals surface area contributed by atoms with Crippen LogP contribution in [0.3, 0.4) is 0 Å². The van der Waals surface area contributed by atoms with Crippen molar-refractivity contribution < 1.29 is 28.4 Å². The average Bonchev–Trinajstić information content (AvgIpc) is 3.06. The molecule has 1 unspecified atom stereocenters. The van der Waals surface area contributed by atoms with Crippen LogP contribution in [0.4, 0.5) is 0 Å². The summed E-state index contributed by atoms with van der Waals surface area (Å²) in [7, 11) is 4.95. The van der Waals surface area contributed by atoms with Crippen LogP contribution in [0.15, 0.2) is 109 Å². The minimum Gasteiger partial charge on any atom is -0.497 e. The number of fused-ring (bicyclic) bond motifs is 3. The highest BCUT2D eigenvalue weighted by atomic mass is 16.5. The van der Waals surface area contributed by atoms with E-state index in [4.69, 9.17) is 28.4 Å². The molecule has 0 N–H and O–H groups in total. The summed E-state index contributed by atoms with van der Waals surface area (Å²) in [4.78, 5) is 0. The summed E-state index contributed by atoms with van der Waals surface area (Å²) in [5.74, 6) is 3.86. The first-order valence-corrected chi connectivity index (χ1v) is 14.1. The van der Waals surface area contributed by atoms with Crippen LogP contribution in [0, 0.1) is 0 Å². The van der Waals surface area contributed by atoms with Gasteiger partial charge < -0.3 is 28.4 Å². The molecule has 0 bridgehead atoms. The molecule has 43 heavy (non-hydrogen) atoms. The van der Waals surface area contributed by atoms with Gasteiger partial charge in [0.2, 0.25) is 0 Å². The molecule has 5 aromatic rings.